The third-order valence-corrected chi connectivity index (χ3v) is 2.42. The number of amides is 1. The molecule has 5 nitrogen and oxygen atoms in total. The topological polar surface area (TPSA) is 75.4 Å². The Balaban J connectivity index is 2.81. The molecule has 1 heterocycles. The van der Waals surface area contributed by atoms with Crippen molar-refractivity contribution in [1.29, 1.82) is 0 Å². The Morgan fingerprint density at radius 3 is 2.44 bits per heavy atom. The minimum absolute atomic E-state index is 0.231. The first-order valence-corrected chi connectivity index (χ1v) is 5.19. The quantitative estimate of drug-likeness (QED) is 0.813. The molecule has 0 saturated heterocycles. The predicted octanol–water partition coefficient (Wildman–Crippen LogP) is 1.24. The number of aromatic nitrogens is 1. The fourth-order valence-corrected chi connectivity index (χ4v) is 1.55. The molecular formula is C11H18N2O3. The normalized spacial score (nSPS) is 13.6. The Morgan fingerprint density at radius 2 is 2.06 bits per heavy atom. The van der Waals surface area contributed by atoms with Gasteiger partial charge < -0.3 is 14.9 Å². The molecule has 1 aromatic rings. The Morgan fingerprint density at radius 1 is 1.50 bits per heavy atom. The number of aliphatic hydroxyl groups is 1. The van der Waals surface area contributed by atoms with Gasteiger partial charge in [0, 0.05) is 5.56 Å². The second-order valence-electron chi connectivity index (χ2n) is 4.49. The summed E-state index contributed by atoms with van der Waals surface area (Å²) in [6.45, 7) is 8.33. The van der Waals surface area contributed by atoms with E-state index in [4.69, 9.17) is 4.52 Å². The zero-order valence-corrected chi connectivity index (χ0v) is 10.3. The van der Waals surface area contributed by atoms with Crippen LogP contribution in [0.4, 0.5) is 0 Å². The summed E-state index contributed by atoms with van der Waals surface area (Å²) >= 11 is 0. The highest BCUT2D eigenvalue weighted by atomic mass is 16.5. The lowest BCUT2D eigenvalue weighted by atomic mass is 10.0. The van der Waals surface area contributed by atoms with E-state index in [2.05, 4.69) is 10.5 Å². The van der Waals surface area contributed by atoms with E-state index in [1.807, 2.05) is 13.8 Å². The standard InChI is InChI=1S/C11H18N2O3/c1-6(12-10(14)11(4,5)15)9-7(2)13-16-8(9)3/h6,15H,1-5H3,(H,12,14). The summed E-state index contributed by atoms with van der Waals surface area (Å²) in [4.78, 5) is 11.6. The number of nitrogens with zero attached hydrogens (tertiary/aromatic N) is 1. The van der Waals surface area contributed by atoms with Crippen LogP contribution in [-0.4, -0.2) is 21.8 Å². The van der Waals surface area contributed by atoms with Crippen LogP contribution < -0.4 is 5.32 Å². The van der Waals surface area contributed by atoms with Crippen molar-refractivity contribution in [3.8, 4) is 0 Å². The summed E-state index contributed by atoms with van der Waals surface area (Å²) in [6.07, 6.45) is 0. The zero-order chi connectivity index (χ0) is 12.5. The van der Waals surface area contributed by atoms with Crippen LogP contribution in [0, 0.1) is 13.8 Å². The van der Waals surface area contributed by atoms with Crippen LogP contribution in [0.5, 0.6) is 0 Å². The highest BCUT2D eigenvalue weighted by Gasteiger charge is 2.27. The van der Waals surface area contributed by atoms with Crippen LogP contribution in [0.1, 0.15) is 43.8 Å². The van der Waals surface area contributed by atoms with Gasteiger partial charge >= 0.3 is 0 Å². The highest BCUT2D eigenvalue weighted by Crippen LogP contribution is 2.21. The molecule has 0 aliphatic rings. The molecular weight excluding hydrogens is 208 g/mol. The average Bonchev–Trinajstić information content (AvgIpc) is 2.44. The average molecular weight is 226 g/mol. The molecule has 0 spiro atoms. The van der Waals surface area contributed by atoms with Crippen LogP contribution >= 0.6 is 0 Å². The summed E-state index contributed by atoms with van der Waals surface area (Å²) in [7, 11) is 0. The van der Waals surface area contributed by atoms with Gasteiger partial charge in [0.15, 0.2) is 0 Å². The largest absolute Gasteiger partial charge is 0.381 e. The maximum Gasteiger partial charge on any atom is 0.251 e. The molecule has 0 radical (unpaired) electrons. The number of carbonyl (C=O) groups is 1. The number of rotatable bonds is 3. The van der Waals surface area contributed by atoms with Gasteiger partial charge in [-0.2, -0.15) is 0 Å². The van der Waals surface area contributed by atoms with Gasteiger partial charge in [0.25, 0.3) is 5.91 Å². The summed E-state index contributed by atoms with van der Waals surface area (Å²) in [6, 6.07) is -0.231. The van der Waals surface area contributed by atoms with Gasteiger partial charge in [0.2, 0.25) is 0 Å². The molecule has 1 atom stereocenters. The maximum atomic E-state index is 11.6. The molecule has 1 rings (SSSR count). The fourth-order valence-electron chi connectivity index (χ4n) is 1.55. The van der Waals surface area contributed by atoms with E-state index in [1.54, 1.807) is 6.92 Å². The predicted molar refractivity (Wildman–Crippen MR) is 58.8 cm³/mol. The van der Waals surface area contributed by atoms with E-state index < -0.39 is 11.5 Å². The number of hydrogen-bond acceptors (Lipinski definition) is 4. The van der Waals surface area contributed by atoms with E-state index in [1.165, 1.54) is 13.8 Å². The molecule has 16 heavy (non-hydrogen) atoms. The van der Waals surface area contributed by atoms with Gasteiger partial charge in [0.05, 0.1) is 11.7 Å². The number of carbonyl (C=O) groups excluding carboxylic acids is 1. The number of hydrogen-bond donors (Lipinski definition) is 2. The third-order valence-electron chi connectivity index (χ3n) is 2.42. The molecule has 1 unspecified atom stereocenters. The minimum Gasteiger partial charge on any atom is -0.381 e. The van der Waals surface area contributed by atoms with Gasteiger partial charge in [-0.05, 0) is 34.6 Å². The number of nitrogens with one attached hydrogen (secondary N) is 1. The van der Waals surface area contributed by atoms with Crippen molar-refractivity contribution >= 4 is 5.91 Å². The van der Waals surface area contributed by atoms with Crippen LogP contribution in [0.2, 0.25) is 0 Å². The maximum absolute atomic E-state index is 11.6. The summed E-state index contributed by atoms with van der Waals surface area (Å²) in [5, 5.41) is 16.1. The van der Waals surface area contributed by atoms with Crippen LogP contribution in [0.25, 0.3) is 0 Å². The van der Waals surface area contributed by atoms with E-state index in [-0.39, 0.29) is 6.04 Å². The van der Waals surface area contributed by atoms with Crippen molar-refractivity contribution in [2.75, 3.05) is 0 Å². The molecule has 1 aromatic heterocycles. The van der Waals surface area contributed by atoms with Gasteiger partial charge in [-0.15, -0.1) is 0 Å². The smallest absolute Gasteiger partial charge is 0.251 e. The second kappa shape index (κ2) is 4.25. The first-order valence-electron chi connectivity index (χ1n) is 5.19. The van der Waals surface area contributed by atoms with Gasteiger partial charge in [0.1, 0.15) is 11.4 Å². The number of aryl methyl sites for hydroxylation is 2. The lowest BCUT2D eigenvalue weighted by Crippen LogP contribution is -2.43. The van der Waals surface area contributed by atoms with Crippen molar-refractivity contribution in [3.63, 3.8) is 0 Å². The monoisotopic (exact) mass is 226 g/mol. The first kappa shape index (κ1) is 12.7. The fraction of sp³-hybridized carbons (Fsp3) is 0.636. The Labute approximate surface area is 94.8 Å². The van der Waals surface area contributed by atoms with Gasteiger partial charge in [-0.25, -0.2) is 0 Å². The van der Waals surface area contributed by atoms with Crippen LogP contribution in [0.3, 0.4) is 0 Å². The van der Waals surface area contributed by atoms with Crippen molar-refractivity contribution in [2.24, 2.45) is 0 Å². The third kappa shape index (κ3) is 2.61. The Kier molecular flexibility index (Phi) is 3.38. The van der Waals surface area contributed by atoms with E-state index >= 15 is 0 Å². The molecule has 1 amide bonds. The van der Waals surface area contributed by atoms with Gasteiger partial charge in [-0.3, -0.25) is 4.79 Å². The molecule has 0 saturated carbocycles. The molecule has 0 fully saturated rings. The zero-order valence-electron chi connectivity index (χ0n) is 10.3. The molecule has 90 valence electrons. The van der Waals surface area contributed by atoms with E-state index in [0.29, 0.717) is 5.76 Å². The lowest BCUT2D eigenvalue weighted by Gasteiger charge is -2.20. The van der Waals surface area contributed by atoms with Crippen LogP contribution in [-0.2, 0) is 4.79 Å². The molecule has 0 aromatic carbocycles. The Hall–Kier alpha value is -1.36. The molecule has 2 N–H and O–H groups in total. The minimum atomic E-state index is -1.38. The van der Waals surface area contributed by atoms with Crippen molar-refractivity contribution in [2.45, 2.75) is 46.3 Å². The lowest BCUT2D eigenvalue weighted by molar-refractivity contribution is -0.137. The summed E-state index contributed by atoms with van der Waals surface area (Å²) in [5.74, 6) is 0.265. The summed E-state index contributed by atoms with van der Waals surface area (Å²) < 4.78 is 5.02. The van der Waals surface area contributed by atoms with Crippen molar-refractivity contribution in [3.05, 3.63) is 17.0 Å². The van der Waals surface area contributed by atoms with Crippen LogP contribution in [0.15, 0.2) is 4.52 Å². The van der Waals surface area contributed by atoms with Crippen molar-refractivity contribution < 1.29 is 14.4 Å². The molecule has 0 aliphatic carbocycles. The Bertz CT molecular complexity index is 371. The van der Waals surface area contributed by atoms with E-state index in [0.717, 1.165) is 11.3 Å². The highest BCUT2D eigenvalue weighted by molar-refractivity contribution is 5.84. The molecule has 5 heteroatoms. The van der Waals surface area contributed by atoms with E-state index in [9.17, 15) is 9.90 Å². The first-order chi connectivity index (χ1) is 7.23. The SMILES string of the molecule is Cc1noc(C)c1C(C)NC(=O)C(C)(C)O. The molecule has 0 aliphatic heterocycles. The summed E-state index contributed by atoms with van der Waals surface area (Å²) in [5.41, 5.74) is 0.228. The second-order valence-corrected chi connectivity index (χ2v) is 4.49. The molecule has 0 bridgehead atoms. The van der Waals surface area contributed by atoms with Crippen molar-refractivity contribution in [1.82, 2.24) is 10.5 Å². The van der Waals surface area contributed by atoms with Gasteiger partial charge in [-0.1, -0.05) is 5.16 Å².